The number of rotatable bonds is 2. The predicted molar refractivity (Wildman–Crippen MR) is 81.4 cm³/mol. The van der Waals surface area contributed by atoms with Crippen LogP contribution in [0.2, 0.25) is 0 Å². The molecule has 4 rings (SSSR count). The Morgan fingerprint density at radius 2 is 2.08 bits per heavy atom. The highest BCUT2D eigenvalue weighted by molar-refractivity contribution is 5.88. The number of aliphatic hydroxyl groups is 1. The molecule has 3 aromatic rings. The molecule has 1 fully saturated rings. The van der Waals surface area contributed by atoms with Gasteiger partial charge in [0.05, 0.1) is 17.8 Å². The minimum Gasteiger partial charge on any atom is -0.391 e. The van der Waals surface area contributed by atoms with Gasteiger partial charge in [0.25, 0.3) is 5.71 Å². The smallest absolute Gasteiger partial charge is 0.263 e. The second-order valence-corrected chi connectivity index (χ2v) is 5.88. The van der Waals surface area contributed by atoms with Gasteiger partial charge in [-0.2, -0.15) is 4.98 Å². The maximum atomic E-state index is 13.6. The lowest BCUT2D eigenvalue weighted by Gasteiger charge is -2.26. The van der Waals surface area contributed by atoms with E-state index >= 15 is 0 Å². The Labute approximate surface area is 135 Å². The molecule has 0 radical (unpaired) electrons. The maximum absolute atomic E-state index is 13.6. The van der Waals surface area contributed by atoms with E-state index in [0.717, 1.165) is 12.1 Å². The van der Waals surface area contributed by atoms with Crippen LogP contribution in [-0.4, -0.2) is 32.9 Å². The number of benzene rings is 1. The molecule has 0 amide bonds. The number of nitrogens with zero attached hydrogens (tertiary/aromatic N) is 4. The topological polar surface area (TPSA) is 75.3 Å². The highest BCUT2D eigenvalue weighted by Gasteiger charge is 2.35. The first-order valence-electron chi connectivity index (χ1n) is 7.51. The Morgan fingerprint density at radius 1 is 1.25 bits per heavy atom. The van der Waals surface area contributed by atoms with Gasteiger partial charge in [-0.05, 0) is 31.0 Å². The second kappa shape index (κ2) is 5.48. The van der Waals surface area contributed by atoms with E-state index in [9.17, 15) is 13.9 Å². The number of halogens is 2. The molecule has 1 N–H and O–H groups in total. The summed E-state index contributed by atoms with van der Waals surface area (Å²) in [6, 6.07) is 3.44. The summed E-state index contributed by atoms with van der Waals surface area (Å²) >= 11 is 0. The average Bonchev–Trinajstić information content (AvgIpc) is 3.14. The second-order valence-electron chi connectivity index (χ2n) is 5.88. The third-order valence-corrected chi connectivity index (χ3v) is 4.30. The number of hydrogen-bond donors (Lipinski definition) is 1. The normalized spacial score (nSPS) is 20.9. The van der Waals surface area contributed by atoms with Gasteiger partial charge in [0.1, 0.15) is 17.5 Å². The van der Waals surface area contributed by atoms with E-state index in [-0.39, 0.29) is 6.04 Å². The molecule has 124 valence electrons. The first-order valence-corrected chi connectivity index (χ1v) is 7.51. The van der Waals surface area contributed by atoms with Gasteiger partial charge >= 0.3 is 0 Å². The standard InChI is InChI=1S/C16H14F2N4O2/c1-8-14-15(19-7-20-16(14)24-21-8)22-6-10(23)5-13(22)9-2-3-11(17)12(18)4-9/h2-4,7,10,13,23H,5-6H2,1H3/t10-,13+/m0/s1. The van der Waals surface area contributed by atoms with Crippen molar-refractivity contribution in [3.05, 3.63) is 47.4 Å². The molecule has 1 saturated heterocycles. The third-order valence-electron chi connectivity index (χ3n) is 4.30. The summed E-state index contributed by atoms with van der Waals surface area (Å²) in [7, 11) is 0. The molecule has 24 heavy (non-hydrogen) atoms. The van der Waals surface area contributed by atoms with Gasteiger partial charge in [0.15, 0.2) is 11.6 Å². The summed E-state index contributed by atoms with van der Waals surface area (Å²) in [6.07, 6.45) is 1.14. The van der Waals surface area contributed by atoms with Crippen LogP contribution in [0.15, 0.2) is 29.0 Å². The molecule has 6 nitrogen and oxygen atoms in total. The van der Waals surface area contributed by atoms with E-state index in [2.05, 4.69) is 15.1 Å². The minimum absolute atomic E-state index is 0.320. The van der Waals surface area contributed by atoms with E-state index in [1.807, 2.05) is 4.90 Å². The summed E-state index contributed by atoms with van der Waals surface area (Å²) in [5.41, 5.74) is 1.56. The van der Waals surface area contributed by atoms with Gasteiger partial charge in [0, 0.05) is 6.54 Å². The fraction of sp³-hybridized carbons (Fsp3) is 0.312. The molecule has 0 aliphatic carbocycles. The fourth-order valence-corrected chi connectivity index (χ4v) is 3.21. The number of fused-ring (bicyclic) bond motifs is 1. The summed E-state index contributed by atoms with van der Waals surface area (Å²) in [4.78, 5) is 10.2. The van der Waals surface area contributed by atoms with Crippen molar-refractivity contribution in [1.82, 2.24) is 15.1 Å². The molecule has 1 aliphatic rings. The van der Waals surface area contributed by atoms with Gasteiger partial charge in [-0.1, -0.05) is 11.2 Å². The van der Waals surface area contributed by atoms with Gasteiger partial charge in [-0.15, -0.1) is 0 Å². The zero-order valence-electron chi connectivity index (χ0n) is 12.8. The highest BCUT2D eigenvalue weighted by atomic mass is 19.2. The summed E-state index contributed by atoms with van der Waals surface area (Å²) in [5, 5.41) is 14.7. The predicted octanol–water partition coefficient (Wildman–Crippen LogP) is 2.52. The monoisotopic (exact) mass is 332 g/mol. The first kappa shape index (κ1) is 14.9. The lowest BCUT2D eigenvalue weighted by molar-refractivity contribution is 0.194. The van der Waals surface area contributed by atoms with E-state index in [1.165, 1.54) is 12.4 Å². The number of aryl methyl sites for hydroxylation is 1. The first-order chi connectivity index (χ1) is 11.5. The molecule has 2 aromatic heterocycles. The van der Waals surface area contributed by atoms with Crippen LogP contribution in [0.4, 0.5) is 14.6 Å². The fourth-order valence-electron chi connectivity index (χ4n) is 3.21. The summed E-state index contributed by atoms with van der Waals surface area (Å²) < 4.78 is 32.0. The Morgan fingerprint density at radius 3 is 2.88 bits per heavy atom. The lowest BCUT2D eigenvalue weighted by atomic mass is 10.0. The molecule has 0 spiro atoms. The number of anilines is 1. The minimum atomic E-state index is -0.914. The Balaban J connectivity index is 1.82. The van der Waals surface area contributed by atoms with Crippen molar-refractivity contribution < 1.29 is 18.4 Å². The van der Waals surface area contributed by atoms with Crippen molar-refractivity contribution in [2.24, 2.45) is 0 Å². The van der Waals surface area contributed by atoms with E-state index in [0.29, 0.717) is 41.1 Å². The van der Waals surface area contributed by atoms with Crippen LogP contribution < -0.4 is 4.90 Å². The van der Waals surface area contributed by atoms with Crippen molar-refractivity contribution in [2.45, 2.75) is 25.5 Å². The molecule has 1 aromatic carbocycles. The molecular formula is C16H14F2N4O2. The van der Waals surface area contributed by atoms with Gasteiger partial charge < -0.3 is 14.5 Å². The van der Waals surface area contributed by atoms with Crippen molar-refractivity contribution in [1.29, 1.82) is 0 Å². The molecule has 0 bridgehead atoms. The van der Waals surface area contributed by atoms with Crippen LogP contribution in [0.3, 0.4) is 0 Å². The van der Waals surface area contributed by atoms with Crippen LogP contribution in [0.25, 0.3) is 11.1 Å². The molecule has 3 heterocycles. The zero-order chi connectivity index (χ0) is 16.8. The number of aliphatic hydroxyl groups excluding tert-OH is 1. The number of β-amino-alcohol motifs (C(OH)–C–C–N with tert-alkyl or cyclic N) is 1. The van der Waals surface area contributed by atoms with Gasteiger partial charge in [-0.3, -0.25) is 0 Å². The maximum Gasteiger partial charge on any atom is 0.263 e. The lowest BCUT2D eigenvalue weighted by Crippen LogP contribution is -2.25. The van der Waals surface area contributed by atoms with Crippen molar-refractivity contribution >= 4 is 16.9 Å². The Hall–Kier alpha value is -2.61. The number of aromatic nitrogens is 3. The quantitative estimate of drug-likeness (QED) is 0.777. The van der Waals surface area contributed by atoms with Gasteiger partial charge in [-0.25, -0.2) is 13.8 Å². The SMILES string of the molecule is Cc1noc2ncnc(N3C[C@@H](O)C[C@@H]3c3ccc(F)c(F)c3)c12. The molecule has 2 atom stereocenters. The zero-order valence-corrected chi connectivity index (χ0v) is 12.8. The highest BCUT2D eigenvalue weighted by Crippen LogP contribution is 2.39. The van der Waals surface area contributed by atoms with Crippen LogP contribution in [0.5, 0.6) is 0 Å². The summed E-state index contributed by atoms with van der Waals surface area (Å²) in [5.74, 6) is -1.25. The van der Waals surface area contributed by atoms with Crippen molar-refractivity contribution in [2.75, 3.05) is 11.4 Å². The Bertz CT molecular complexity index is 914. The van der Waals surface area contributed by atoms with E-state index < -0.39 is 17.7 Å². The van der Waals surface area contributed by atoms with E-state index in [1.54, 1.807) is 6.92 Å². The molecule has 0 unspecified atom stereocenters. The van der Waals surface area contributed by atoms with Crippen LogP contribution in [0, 0.1) is 18.6 Å². The largest absolute Gasteiger partial charge is 0.391 e. The Kier molecular flexibility index (Phi) is 3.42. The van der Waals surface area contributed by atoms with Crippen LogP contribution in [-0.2, 0) is 0 Å². The van der Waals surface area contributed by atoms with Crippen molar-refractivity contribution in [3.8, 4) is 0 Å². The molecular weight excluding hydrogens is 318 g/mol. The summed E-state index contributed by atoms with van der Waals surface area (Å²) in [6.45, 7) is 2.10. The van der Waals surface area contributed by atoms with Crippen LogP contribution >= 0.6 is 0 Å². The van der Waals surface area contributed by atoms with Crippen LogP contribution in [0.1, 0.15) is 23.7 Å². The molecule has 8 heteroatoms. The van der Waals surface area contributed by atoms with Crippen molar-refractivity contribution in [3.63, 3.8) is 0 Å². The molecule has 0 saturated carbocycles. The third kappa shape index (κ3) is 2.30. The van der Waals surface area contributed by atoms with Gasteiger partial charge in [0.2, 0.25) is 0 Å². The average molecular weight is 332 g/mol. The molecule has 1 aliphatic heterocycles. The van der Waals surface area contributed by atoms with E-state index in [4.69, 9.17) is 4.52 Å². The number of hydrogen-bond acceptors (Lipinski definition) is 6.